The monoisotopic (exact) mass is 474 g/mol. The second-order valence-electron chi connectivity index (χ2n) is 8.91. The first-order valence-electron chi connectivity index (χ1n) is 11.1. The fraction of sp³-hybridized carbons (Fsp3) is 0.435. The summed E-state index contributed by atoms with van der Waals surface area (Å²) in [6, 6.07) is 4.14. The van der Waals surface area contributed by atoms with Gasteiger partial charge >= 0.3 is 6.18 Å². The number of alkyl halides is 3. The summed E-state index contributed by atoms with van der Waals surface area (Å²) in [5.41, 5.74) is -0.453. The molecule has 178 valence electrons. The highest BCUT2D eigenvalue weighted by Gasteiger charge is 2.51. The number of piperidine rings is 2. The molecular formula is C23H22F4N6O. The number of carbonyl (C=O) groups excluding carboxylic acids is 1. The number of fused-ring (bicyclic) bond motifs is 2. The number of nitrogens with zero attached hydrogens (tertiary/aromatic N) is 6. The van der Waals surface area contributed by atoms with Crippen LogP contribution in [-0.2, 0) is 12.6 Å². The highest BCUT2D eigenvalue weighted by Crippen LogP contribution is 2.48. The average Bonchev–Trinajstić information content (AvgIpc) is 3.31. The highest BCUT2D eigenvalue weighted by atomic mass is 19.4. The number of rotatable bonds is 5. The van der Waals surface area contributed by atoms with Gasteiger partial charge in [0.15, 0.2) is 5.69 Å². The molecule has 0 spiro atoms. The number of aromatic nitrogens is 5. The van der Waals surface area contributed by atoms with E-state index in [9.17, 15) is 22.4 Å². The van der Waals surface area contributed by atoms with Crippen LogP contribution in [0.1, 0.15) is 47.9 Å². The molecule has 3 aromatic rings. The van der Waals surface area contributed by atoms with Gasteiger partial charge in [0.1, 0.15) is 17.1 Å². The molecule has 2 aromatic heterocycles. The molecule has 6 rings (SSSR count). The number of hydrogen-bond donors (Lipinski definition) is 0. The van der Waals surface area contributed by atoms with E-state index < -0.39 is 23.6 Å². The molecule has 1 aliphatic carbocycles. The van der Waals surface area contributed by atoms with Crippen molar-refractivity contribution in [3.8, 4) is 5.69 Å². The van der Waals surface area contributed by atoms with Gasteiger partial charge in [-0.15, -0.1) is 0 Å². The first-order chi connectivity index (χ1) is 16.2. The second-order valence-corrected chi connectivity index (χ2v) is 8.91. The summed E-state index contributed by atoms with van der Waals surface area (Å²) in [5, 5.41) is 8.10. The summed E-state index contributed by atoms with van der Waals surface area (Å²) in [6.07, 6.45) is 2.76. The summed E-state index contributed by atoms with van der Waals surface area (Å²) < 4.78 is 53.3. The number of aryl methyl sites for hydroxylation is 1. The molecule has 2 saturated heterocycles. The molecule has 1 aromatic carbocycles. The third-order valence-corrected chi connectivity index (χ3v) is 7.02. The molecule has 11 heteroatoms. The van der Waals surface area contributed by atoms with Gasteiger partial charge in [-0.2, -0.15) is 28.2 Å². The topological polar surface area (TPSA) is 76.8 Å². The molecular weight excluding hydrogens is 452 g/mol. The molecule has 2 aliphatic heterocycles. The maximum atomic E-state index is 15.0. The van der Waals surface area contributed by atoms with Crippen LogP contribution in [0.5, 0.6) is 0 Å². The predicted octanol–water partition coefficient (Wildman–Crippen LogP) is 4.09. The van der Waals surface area contributed by atoms with Crippen LogP contribution in [0.2, 0.25) is 0 Å². The van der Waals surface area contributed by atoms with Gasteiger partial charge in [0.05, 0.1) is 24.3 Å². The molecule has 3 aliphatic rings. The van der Waals surface area contributed by atoms with Gasteiger partial charge in [0.25, 0.3) is 5.91 Å². The zero-order valence-electron chi connectivity index (χ0n) is 18.3. The Morgan fingerprint density at radius 2 is 1.85 bits per heavy atom. The van der Waals surface area contributed by atoms with Crippen LogP contribution < -0.4 is 0 Å². The van der Waals surface area contributed by atoms with E-state index in [1.165, 1.54) is 29.3 Å². The summed E-state index contributed by atoms with van der Waals surface area (Å²) in [4.78, 5) is 24.1. The van der Waals surface area contributed by atoms with Crippen LogP contribution in [0.4, 0.5) is 17.6 Å². The van der Waals surface area contributed by atoms with E-state index in [4.69, 9.17) is 0 Å². The Kier molecular flexibility index (Phi) is 5.57. The van der Waals surface area contributed by atoms with E-state index in [0.717, 1.165) is 25.2 Å². The van der Waals surface area contributed by atoms with E-state index in [-0.39, 0.29) is 29.3 Å². The fourth-order valence-corrected chi connectivity index (χ4v) is 5.13. The first kappa shape index (κ1) is 22.4. The van der Waals surface area contributed by atoms with Crippen molar-refractivity contribution < 1.29 is 22.4 Å². The minimum atomic E-state index is -4.55. The lowest BCUT2D eigenvalue weighted by molar-refractivity contribution is -0.141. The Hall–Kier alpha value is -3.37. The maximum absolute atomic E-state index is 15.0. The van der Waals surface area contributed by atoms with Crippen molar-refractivity contribution in [2.75, 3.05) is 0 Å². The summed E-state index contributed by atoms with van der Waals surface area (Å²) in [5.74, 6) is -0.454. The van der Waals surface area contributed by atoms with Gasteiger partial charge in [-0.1, -0.05) is 13.0 Å². The minimum absolute atomic E-state index is 0.00423. The van der Waals surface area contributed by atoms with Crippen LogP contribution in [0.15, 0.2) is 43.0 Å². The second kappa shape index (κ2) is 8.44. The van der Waals surface area contributed by atoms with Crippen molar-refractivity contribution in [3.63, 3.8) is 0 Å². The Bertz CT molecular complexity index is 1180. The molecule has 0 N–H and O–H groups in total. The maximum Gasteiger partial charge on any atom is 0.434 e. The van der Waals surface area contributed by atoms with Gasteiger partial charge in [-0.25, -0.2) is 9.37 Å². The van der Waals surface area contributed by atoms with Gasteiger partial charge < -0.3 is 4.90 Å². The Labute approximate surface area is 192 Å². The standard InChI is InChI=1S/C23H22F4N6O/c1-13-14-9-16(10-14)32(18(13)6-5-15-11-29-20(12-28-15)23(25,26)27)22(34)21-17(24)3-2-4-19(21)33-30-7-8-31-33/h2-4,7-8,11-14,16,18H,5-6,9-10H2,1H3/t13-,14?,16?,18?/m1/s1. The van der Waals surface area contributed by atoms with Crippen molar-refractivity contribution >= 4 is 5.91 Å². The van der Waals surface area contributed by atoms with E-state index in [2.05, 4.69) is 27.1 Å². The van der Waals surface area contributed by atoms with E-state index >= 15 is 0 Å². The average molecular weight is 474 g/mol. The van der Waals surface area contributed by atoms with Gasteiger partial charge in [0, 0.05) is 18.3 Å². The Morgan fingerprint density at radius 1 is 1.12 bits per heavy atom. The number of hydrogen-bond acceptors (Lipinski definition) is 5. The normalized spacial score (nSPS) is 24.1. The smallest absolute Gasteiger partial charge is 0.332 e. The third kappa shape index (κ3) is 3.92. The molecule has 1 amide bonds. The fourth-order valence-electron chi connectivity index (χ4n) is 5.13. The molecule has 2 bridgehead atoms. The summed E-state index contributed by atoms with van der Waals surface area (Å²) >= 11 is 0. The lowest BCUT2D eigenvalue weighted by Gasteiger charge is -2.57. The van der Waals surface area contributed by atoms with E-state index in [1.54, 1.807) is 11.0 Å². The number of carbonyl (C=O) groups is 1. The van der Waals surface area contributed by atoms with Crippen molar-refractivity contribution in [2.24, 2.45) is 11.8 Å². The lowest BCUT2D eigenvalue weighted by Crippen LogP contribution is -2.63. The first-order valence-corrected chi connectivity index (χ1v) is 11.1. The van der Waals surface area contributed by atoms with Crippen molar-refractivity contribution in [2.45, 2.75) is 50.9 Å². The Morgan fingerprint density at radius 3 is 2.50 bits per heavy atom. The molecule has 1 saturated carbocycles. The summed E-state index contributed by atoms with van der Waals surface area (Å²) in [7, 11) is 0. The number of amides is 1. The summed E-state index contributed by atoms with van der Waals surface area (Å²) in [6.45, 7) is 2.07. The molecule has 3 fully saturated rings. The van der Waals surface area contributed by atoms with Crippen LogP contribution in [-0.4, -0.2) is 47.9 Å². The zero-order valence-corrected chi connectivity index (χ0v) is 18.3. The third-order valence-electron chi connectivity index (χ3n) is 7.02. The molecule has 1 unspecified atom stereocenters. The Balaban J connectivity index is 1.41. The SMILES string of the molecule is C[C@@H]1C2CC(C2)N(C(=O)c2c(F)cccc2-n2nccn2)C1CCc1cnc(C(F)(F)F)cn1. The molecule has 7 nitrogen and oxygen atoms in total. The number of halogens is 4. The van der Waals surface area contributed by atoms with Crippen LogP contribution >= 0.6 is 0 Å². The van der Waals surface area contributed by atoms with Crippen LogP contribution in [0.3, 0.4) is 0 Å². The molecule has 34 heavy (non-hydrogen) atoms. The molecule has 4 heterocycles. The minimum Gasteiger partial charge on any atom is -0.332 e. The van der Waals surface area contributed by atoms with Gasteiger partial charge in [0.2, 0.25) is 0 Å². The quantitative estimate of drug-likeness (QED) is 0.521. The van der Waals surface area contributed by atoms with Crippen molar-refractivity contribution in [3.05, 3.63) is 65.8 Å². The van der Waals surface area contributed by atoms with Crippen LogP contribution in [0.25, 0.3) is 5.69 Å². The van der Waals surface area contributed by atoms with Crippen molar-refractivity contribution in [1.29, 1.82) is 0 Å². The lowest BCUT2D eigenvalue weighted by atomic mass is 9.63. The predicted molar refractivity (Wildman–Crippen MR) is 112 cm³/mol. The molecule has 2 atom stereocenters. The largest absolute Gasteiger partial charge is 0.434 e. The molecule has 0 radical (unpaired) electrons. The van der Waals surface area contributed by atoms with Gasteiger partial charge in [-0.3, -0.25) is 9.78 Å². The number of benzene rings is 1. The highest BCUT2D eigenvalue weighted by molar-refractivity contribution is 5.98. The van der Waals surface area contributed by atoms with E-state index in [0.29, 0.717) is 24.5 Å². The van der Waals surface area contributed by atoms with Gasteiger partial charge in [-0.05, 0) is 49.7 Å². The zero-order chi connectivity index (χ0) is 24.0. The van der Waals surface area contributed by atoms with Crippen molar-refractivity contribution in [1.82, 2.24) is 29.9 Å². The van der Waals surface area contributed by atoms with E-state index in [1.807, 2.05) is 0 Å². The van der Waals surface area contributed by atoms with Crippen LogP contribution in [0, 0.1) is 17.7 Å².